The molecule has 0 atom stereocenters. The first-order chi connectivity index (χ1) is 8.65. The van der Waals surface area contributed by atoms with Crippen LogP contribution in [-0.4, -0.2) is 43.5 Å². The summed E-state index contributed by atoms with van der Waals surface area (Å²) in [6.07, 6.45) is 1.76. The molecule has 5 heteroatoms. The largest absolute Gasteiger partial charge is 0.375 e. The highest BCUT2D eigenvalue weighted by Crippen LogP contribution is 2.17. The van der Waals surface area contributed by atoms with Crippen molar-refractivity contribution in [2.24, 2.45) is 11.8 Å². The van der Waals surface area contributed by atoms with Gasteiger partial charge in [-0.2, -0.15) is 0 Å². The second-order valence-electron chi connectivity index (χ2n) is 5.79. The highest BCUT2D eigenvalue weighted by Gasteiger charge is 2.33. The molecular weight excluding hydrogens is 252 g/mol. The number of ether oxygens (including phenoxy) is 1. The van der Waals surface area contributed by atoms with E-state index in [0.29, 0.717) is 12.5 Å². The average molecular weight is 279 g/mol. The zero-order chi connectivity index (χ0) is 15.1. The summed E-state index contributed by atoms with van der Waals surface area (Å²) in [5.74, 6) is -2.98. The summed E-state index contributed by atoms with van der Waals surface area (Å²) in [5.41, 5.74) is 0. The molecule has 0 aliphatic rings. The van der Waals surface area contributed by atoms with Crippen LogP contribution in [0.1, 0.15) is 40.5 Å². The van der Waals surface area contributed by atoms with Crippen LogP contribution in [0.25, 0.3) is 0 Å². The molecule has 0 aliphatic carbocycles. The van der Waals surface area contributed by atoms with Gasteiger partial charge in [-0.1, -0.05) is 27.7 Å². The van der Waals surface area contributed by atoms with Crippen LogP contribution in [0, 0.1) is 11.8 Å². The first kappa shape index (κ1) is 18.3. The van der Waals surface area contributed by atoms with Crippen LogP contribution in [0.3, 0.4) is 0 Å². The van der Waals surface area contributed by atoms with E-state index in [1.54, 1.807) is 13.8 Å². The first-order valence-electron chi connectivity index (χ1n) is 6.86. The Labute approximate surface area is 115 Å². The van der Waals surface area contributed by atoms with E-state index in [-0.39, 0.29) is 11.8 Å². The van der Waals surface area contributed by atoms with E-state index in [2.05, 4.69) is 13.8 Å². The molecule has 0 N–H and O–H groups in total. The van der Waals surface area contributed by atoms with Crippen molar-refractivity contribution in [3.05, 3.63) is 0 Å². The van der Waals surface area contributed by atoms with Crippen molar-refractivity contribution in [2.45, 2.75) is 46.5 Å². The minimum absolute atomic E-state index is 0.271. The first-order valence-corrected chi connectivity index (χ1v) is 6.86. The fourth-order valence-electron chi connectivity index (χ4n) is 1.73. The van der Waals surface area contributed by atoms with Crippen molar-refractivity contribution in [1.82, 2.24) is 4.90 Å². The number of halogens is 2. The molecule has 3 nitrogen and oxygen atoms in total. The molecule has 0 heterocycles. The quantitative estimate of drug-likeness (QED) is 0.607. The van der Waals surface area contributed by atoms with Crippen molar-refractivity contribution >= 4 is 5.91 Å². The van der Waals surface area contributed by atoms with Crippen LogP contribution in [0.15, 0.2) is 0 Å². The molecule has 0 aromatic heterocycles. The molecule has 0 bridgehead atoms. The van der Waals surface area contributed by atoms with Crippen molar-refractivity contribution in [1.29, 1.82) is 0 Å². The Morgan fingerprint density at radius 2 is 1.84 bits per heavy atom. The predicted molar refractivity (Wildman–Crippen MR) is 72.3 cm³/mol. The third-order valence-corrected chi connectivity index (χ3v) is 2.72. The van der Waals surface area contributed by atoms with Crippen LogP contribution >= 0.6 is 0 Å². The lowest BCUT2D eigenvalue weighted by Crippen LogP contribution is -2.42. The molecule has 0 aromatic rings. The average Bonchev–Trinajstić information content (AvgIpc) is 2.26. The molecule has 0 unspecified atom stereocenters. The monoisotopic (exact) mass is 279 g/mol. The molecule has 0 saturated carbocycles. The van der Waals surface area contributed by atoms with Gasteiger partial charge in [0, 0.05) is 19.6 Å². The standard InChI is InChI=1S/C14H27F2NO2/c1-11(2)7-6-8-19-10-14(15,16)9-17(5)13(18)12(3)4/h11-12H,6-10H2,1-5H3. The molecule has 0 aromatic carbocycles. The van der Waals surface area contributed by atoms with E-state index in [9.17, 15) is 13.6 Å². The van der Waals surface area contributed by atoms with Crippen molar-refractivity contribution in [2.75, 3.05) is 26.8 Å². The SMILES string of the molecule is CC(C)CCCOCC(F)(F)CN(C)C(=O)C(C)C. The van der Waals surface area contributed by atoms with Crippen LogP contribution in [0.4, 0.5) is 8.78 Å². The smallest absolute Gasteiger partial charge is 0.288 e. The normalized spacial score (nSPS) is 12.3. The zero-order valence-corrected chi connectivity index (χ0v) is 12.7. The molecule has 0 rings (SSSR count). The van der Waals surface area contributed by atoms with E-state index in [1.807, 2.05) is 0 Å². The fourth-order valence-corrected chi connectivity index (χ4v) is 1.73. The molecule has 19 heavy (non-hydrogen) atoms. The lowest BCUT2D eigenvalue weighted by Gasteiger charge is -2.25. The van der Waals surface area contributed by atoms with E-state index in [1.165, 1.54) is 7.05 Å². The van der Waals surface area contributed by atoms with Crippen LogP contribution in [-0.2, 0) is 9.53 Å². The third kappa shape index (κ3) is 8.92. The number of carbonyl (C=O) groups excluding carboxylic acids is 1. The lowest BCUT2D eigenvalue weighted by molar-refractivity contribution is -0.142. The van der Waals surface area contributed by atoms with E-state index in [4.69, 9.17) is 4.74 Å². The highest BCUT2D eigenvalue weighted by molar-refractivity contribution is 5.77. The number of hydrogen-bond donors (Lipinski definition) is 0. The number of nitrogens with zero attached hydrogens (tertiary/aromatic N) is 1. The summed E-state index contributed by atoms with van der Waals surface area (Å²) in [5, 5.41) is 0. The summed E-state index contributed by atoms with van der Waals surface area (Å²) in [4.78, 5) is 12.6. The van der Waals surface area contributed by atoms with Gasteiger partial charge in [-0.25, -0.2) is 8.78 Å². The highest BCUT2D eigenvalue weighted by atomic mass is 19.3. The zero-order valence-electron chi connectivity index (χ0n) is 12.7. The van der Waals surface area contributed by atoms with Gasteiger partial charge < -0.3 is 9.64 Å². The van der Waals surface area contributed by atoms with Gasteiger partial charge in [0.15, 0.2) is 0 Å². The minimum atomic E-state index is -2.99. The van der Waals surface area contributed by atoms with Crippen molar-refractivity contribution in [3.8, 4) is 0 Å². The van der Waals surface area contributed by atoms with Crippen LogP contribution in [0.5, 0.6) is 0 Å². The summed E-state index contributed by atoms with van der Waals surface area (Å²) in [7, 11) is 1.40. The minimum Gasteiger partial charge on any atom is -0.375 e. The number of rotatable bonds is 9. The Kier molecular flexibility index (Phi) is 8.14. The van der Waals surface area contributed by atoms with Crippen molar-refractivity contribution in [3.63, 3.8) is 0 Å². The van der Waals surface area contributed by atoms with Gasteiger partial charge in [0.1, 0.15) is 6.61 Å². The second kappa shape index (κ2) is 8.46. The Morgan fingerprint density at radius 3 is 2.32 bits per heavy atom. The molecule has 0 radical (unpaired) electrons. The number of hydrogen-bond acceptors (Lipinski definition) is 2. The van der Waals surface area contributed by atoms with Crippen molar-refractivity contribution < 1.29 is 18.3 Å². The maximum Gasteiger partial charge on any atom is 0.288 e. The third-order valence-electron chi connectivity index (χ3n) is 2.72. The van der Waals surface area contributed by atoms with Gasteiger partial charge in [-0.15, -0.1) is 0 Å². The molecule has 0 fully saturated rings. The molecule has 0 aliphatic heterocycles. The molecule has 1 amide bonds. The summed E-state index contributed by atoms with van der Waals surface area (Å²) < 4.78 is 32.1. The Bertz CT molecular complexity index is 268. The summed E-state index contributed by atoms with van der Waals surface area (Å²) in [6.45, 7) is 6.69. The summed E-state index contributed by atoms with van der Waals surface area (Å²) in [6, 6.07) is 0. The molecule has 0 spiro atoms. The Morgan fingerprint density at radius 1 is 1.26 bits per heavy atom. The second-order valence-corrected chi connectivity index (χ2v) is 5.79. The number of amides is 1. The van der Waals surface area contributed by atoms with Gasteiger partial charge in [0.25, 0.3) is 5.92 Å². The van der Waals surface area contributed by atoms with Gasteiger partial charge in [-0.05, 0) is 18.8 Å². The maximum absolute atomic E-state index is 13.6. The Balaban J connectivity index is 3.94. The summed E-state index contributed by atoms with van der Waals surface area (Å²) >= 11 is 0. The van der Waals surface area contributed by atoms with Gasteiger partial charge in [-0.3, -0.25) is 4.79 Å². The van der Waals surface area contributed by atoms with Gasteiger partial charge >= 0.3 is 0 Å². The Hall–Kier alpha value is -0.710. The van der Waals surface area contributed by atoms with Gasteiger partial charge in [0.2, 0.25) is 5.91 Å². The molecular formula is C14H27F2NO2. The number of carbonyl (C=O) groups is 1. The van der Waals surface area contributed by atoms with E-state index < -0.39 is 19.1 Å². The molecule has 0 saturated heterocycles. The molecule has 114 valence electrons. The van der Waals surface area contributed by atoms with E-state index >= 15 is 0 Å². The van der Waals surface area contributed by atoms with Crippen LogP contribution < -0.4 is 0 Å². The van der Waals surface area contributed by atoms with E-state index in [0.717, 1.165) is 17.7 Å². The van der Waals surface area contributed by atoms with Crippen LogP contribution in [0.2, 0.25) is 0 Å². The predicted octanol–water partition coefficient (Wildman–Crippen LogP) is 3.19. The number of alkyl halides is 2. The topological polar surface area (TPSA) is 29.5 Å². The maximum atomic E-state index is 13.6. The lowest BCUT2D eigenvalue weighted by atomic mass is 10.1. The van der Waals surface area contributed by atoms with Gasteiger partial charge in [0.05, 0.1) is 6.54 Å². The fraction of sp³-hybridized carbons (Fsp3) is 0.929.